The zero-order valence-corrected chi connectivity index (χ0v) is 38.5. The molecule has 2 heterocycles. The molecule has 2 saturated heterocycles. The lowest BCUT2D eigenvalue weighted by molar-refractivity contribution is -0.149. The number of hydrogen-bond acceptors (Lipinski definition) is 20. The molecular formula is C51H50O20. The van der Waals surface area contributed by atoms with Gasteiger partial charge in [0, 0.05) is 17.7 Å². The van der Waals surface area contributed by atoms with E-state index in [-0.39, 0.29) is 84.9 Å². The van der Waals surface area contributed by atoms with Crippen LogP contribution in [0.1, 0.15) is 63.7 Å². The monoisotopic (exact) mass is 982 g/mol. The maximum absolute atomic E-state index is 13.1. The third-order valence-corrected chi connectivity index (χ3v) is 9.93. The Morgan fingerprint density at radius 3 is 1.37 bits per heavy atom. The number of unbranched alkanes of at least 4 members (excludes halogenated alkanes) is 2. The number of ether oxygens (including phenoxy) is 12. The second-order valence-electron chi connectivity index (χ2n) is 15.0. The van der Waals surface area contributed by atoms with Gasteiger partial charge in [0.05, 0.1) is 56.3 Å². The van der Waals surface area contributed by atoms with Gasteiger partial charge in [-0.2, -0.15) is 0 Å². The van der Waals surface area contributed by atoms with Gasteiger partial charge in [0.1, 0.15) is 35.2 Å². The van der Waals surface area contributed by atoms with E-state index in [0.29, 0.717) is 25.7 Å². The topological polar surface area (TPSA) is 247 Å². The van der Waals surface area contributed by atoms with Gasteiger partial charge in [-0.05, 0) is 124 Å². The van der Waals surface area contributed by atoms with Crippen LogP contribution in [-0.4, -0.2) is 112 Å². The third kappa shape index (κ3) is 17.3. The van der Waals surface area contributed by atoms with E-state index < -0.39 is 72.5 Å². The quantitative estimate of drug-likeness (QED) is 0.0127. The van der Waals surface area contributed by atoms with Gasteiger partial charge in [-0.15, -0.1) is 0 Å². The summed E-state index contributed by atoms with van der Waals surface area (Å²) in [7, 11) is 0. The van der Waals surface area contributed by atoms with Crippen LogP contribution >= 0.6 is 0 Å². The highest BCUT2D eigenvalue weighted by Crippen LogP contribution is 2.32. The molecule has 0 radical (unpaired) electrons. The van der Waals surface area contributed by atoms with Crippen molar-refractivity contribution < 1.29 is 95.2 Å². The van der Waals surface area contributed by atoms with E-state index in [9.17, 15) is 38.4 Å². The summed E-state index contributed by atoms with van der Waals surface area (Å²) in [5.74, 6) is -3.57. The first-order valence-corrected chi connectivity index (χ1v) is 21.9. The second-order valence-corrected chi connectivity index (χ2v) is 15.0. The number of esters is 6. The minimum Gasteiger partial charge on any atom is -0.463 e. The van der Waals surface area contributed by atoms with Crippen molar-refractivity contribution in [3.8, 4) is 17.2 Å². The van der Waals surface area contributed by atoms with Gasteiger partial charge in [0.15, 0.2) is 12.2 Å². The van der Waals surface area contributed by atoms with Gasteiger partial charge in [0.25, 0.3) is 0 Å². The van der Waals surface area contributed by atoms with E-state index in [1.54, 1.807) is 0 Å². The van der Waals surface area contributed by atoms with Crippen molar-refractivity contribution >= 4 is 48.1 Å². The highest BCUT2D eigenvalue weighted by atomic mass is 16.7. The number of rotatable bonds is 24. The minimum absolute atomic E-state index is 0.0160. The highest BCUT2D eigenvalue weighted by Gasteiger charge is 2.51. The Bertz CT molecular complexity index is 2470. The zero-order chi connectivity index (χ0) is 51.1. The Labute approximate surface area is 407 Å². The SMILES string of the molecule is C=CC(=O)OCCCCOC(=O)Oc1ccc(C(=O)O/C(C=C)=C/C=C(\C)C(=O)O[C@@H]2CO[C@@H]3[C@H]2OC[C@H]3OC(=O)c2ccc(OC(=O)c3ccc(OC(=O)OCCCCOC(=O)C=C)cc3)cc2)cc1. The number of benzene rings is 3. The molecule has 0 aliphatic carbocycles. The largest absolute Gasteiger partial charge is 0.513 e. The Morgan fingerprint density at radius 1 is 0.507 bits per heavy atom. The normalized spacial score (nSPS) is 17.0. The fourth-order valence-corrected chi connectivity index (χ4v) is 6.23. The molecule has 0 unspecified atom stereocenters. The molecular weight excluding hydrogens is 933 g/mol. The standard InChI is InChI=1S/C51H50O20/c1-5-36(66-47(55)33-15-22-38(23-16-33)68-50(58)62-28-10-8-26-60-42(52)6-2)19-12-32(4)46(54)70-40-30-64-45-41(31-65-44(40)45)71-49(57)35-13-20-37(21-14-35)67-48(56)34-17-24-39(25-18-34)69-51(59)63-29-11-9-27-61-43(53)7-3/h5-7,12-25,40-41,44-45H,1-3,8-11,26-31H2,4H3/b32-12+,36-19+/t40-,41-,44+,45+/m1/s1. The van der Waals surface area contributed by atoms with Gasteiger partial charge in [-0.1, -0.05) is 19.7 Å². The molecule has 71 heavy (non-hydrogen) atoms. The van der Waals surface area contributed by atoms with E-state index in [0.717, 1.165) is 12.2 Å². The lowest BCUT2D eigenvalue weighted by atomic mass is 10.1. The number of carbonyl (C=O) groups excluding carboxylic acids is 8. The van der Waals surface area contributed by atoms with Crippen molar-refractivity contribution in [2.45, 2.75) is 57.0 Å². The van der Waals surface area contributed by atoms with Gasteiger partial charge in [-0.3, -0.25) is 0 Å². The minimum atomic E-state index is -0.955. The number of hydrogen-bond donors (Lipinski definition) is 0. The summed E-state index contributed by atoms with van der Waals surface area (Å²) in [6, 6.07) is 16.7. The predicted octanol–water partition coefficient (Wildman–Crippen LogP) is 7.06. The zero-order valence-electron chi connectivity index (χ0n) is 38.5. The predicted molar refractivity (Wildman–Crippen MR) is 245 cm³/mol. The van der Waals surface area contributed by atoms with E-state index >= 15 is 0 Å². The summed E-state index contributed by atoms with van der Waals surface area (Å²) in [5.41, 5.74) is 0.559. The Morgan fingerprint density at radius 2 is 0.915 bits per heavy atom. The Kier molecular flexibility index (Phi) is 20.8. The van der Waals surface area contributed by atoms with Gasteiger partial charge < -0.3 is 56.8 Å². The maximum atomic E-state index is 13.1. The van der Waals surface area contributed by atoms with Crippen molar-refractivity contribution in [2.75, 3.05) is 39.6 Å². The lowest BCUT2D eigenvalue weighted by Crippen LogP contribution is -2.36. The summed E-state index contributed by atoms with van der Waals surface area (Å²) in [4.78, 5) is 97.7. The molecule has 20 nitrogen and oxygen atoms in total. The molecule has 2 fully saturated rings. The molecule has 3 aromatic carbocycles. The number of allylic oxidation sites excluding steroid dienone is 3. The summed E-state index contributed by atoms with van der Waals surface area (Å²) < 4.78 is 63.6. The van der Waals surface area contributed by atoms with Crippen LogP contribution in [0.4, 0.5) is 9.59 Å². The molecule has 5 rings (SSSR count). The fourth-order valence-electron chi connectivity index (χ4n) is 6.23. The molecule has 0 N–H and O–H groups in total. The fraction of sp³-hybridized carbons (Fsp3) is 0.294. The van der Waals surface area contributed by atoms with Crippen LogP contribution in [0.3, 0.4) is 0 Å². The van der Waals surface area contributed by atoms with Crippen LogP contribution in [-0.2, 0) is 57.0 Å². The lowest BCUT2D eigenvalue weighted by Gasteiger charge is -2.17. The molecule has 2 aliphatic heterocycles. The molecule has 4 atom stereocenters. The van der Waals surface area contributed by atoms with Crippen LogP contribution in [0.15, 0.2) is 134 Å². The molecule has 2 aliphatic rings. The molecule has 0 bridgehead atoms. The van der Waals surface area contributed by atoms with Crippen molar-refractivity contribution in [2.24, 2.45) is 0 Å². The summed E-state index contributed by atoms with van der Waals surface area (Å²) in [5, 5.41) is 0. The van der Waals surface area contributed by atoms with E-state index in [2.05, 4.69) is 19.7 Å². The van der Waals surface area contributed by atoms with Crippen LogP contribution < -0.4 is 14.2 Å². The highest BCUT2D eigenvalue weighted by molar-refractivity contribution is 5.93. The first kappa shape index (κ1) is 53.6. The summed E-state index contributed by atoms with van der Waals surface area (Å²) >= 11 is 0. The maximum Gasteiger partial charge on any atom is 0.513 e. The van der Waals surface area contributed by atoms with Gasteiger partial charge in [0.2, 0.25) is 0 Å². The number of carbonyl (C=O) groups is 8. The first-order chi connectivity index (χ1) is 34.3. The van der Waals surface area contributed by atoms with E-state index in [1.807, 2.05) is 0 Å². The third-order valence-electron chi connectivity index (χ3n) is 9.93. The Balaban J connectivity index is 1.00. The van der Waals surface area contributed by atoms with E-state index in [4.69, 9.17) is 56.8 Å². The molecule has 20 heteroatoms. The molecule has 0 spiro atoms. The summed E-state index contributed by atoms with van der Waals surface area (Å²) in [6.45, 7) is 12.1. The van der Waals surface area contributed by atoms with Crippen LogP contribution in [0.2, 0.25) is 0 Å². The van der Waals surface area contributed by atoms with Crippen LogP contribution in [0, 0.1) is 0 Å². The average Bonchev–Trinajstić information content (AvgIpc) is 3.97. The molecule has 0 amide bonds. The molecule has 0 aromatic heterocycles. The van der Waals surface area contributed by atoms with Gasteiger partial charge >= 0.3 is 48.1 Å². The summed E-state index contributed by atoms with van der Waals surface area (Å²) in [6.07, 6.45) is 2.92. The molecule has 3 aromatic rings. The smallest absolute Gasteiger partial charge is 0.463 e. The van der Waals surface area contributed by atoms with Crippen molar-refractivity contribution in [3.05, 3.63) is 151 Å². The average molecular weight is 983 g/mol. The van der Waals surface area contributed by atoms with Crippen molar-refractivity contribution in [1.29, 1.82) is 0 Å². The van der Waals surface area contributed by atoms with Crippen molar-refractivity contribution in [3.63, 3.8) is 0 Å². The van der Waals surface area contributed by atoms with Crippen molar-refractivity contribution in [1.82, 2.24) is 0 Å². The van der Waals surface area contributed by atoms with E-state index in [1.165, 1.54) is 97.9 Å². The first-order valence-electron chi connectivity index (χ1n) is 21.9. The molecule has 0 saturated carbocycles. The van der Waals surface area contributed by atoms with Crippen LogP contribution in [0.5, 0.6) is 17.2 Å². The Hall–Kier alpha value is -8.36. The number of fused-ring (bicyclic) bond motifs is 1. The second kappa shape index (κ2) is 27.6. The van der Waals surface area contributed by atoms with Crippen LogP contribution in [0.25, 0.3) is 0 Å². The van der Waals surface area contributed by atoms with Gasteiger partial charge in [-0.25, -0.2) is 38.4 Å². The molecule has 374 valence electrons.